The van der Waals surface area contributed by atoms with E-state index in [1.54, 1.807) is 55.1 Å². The quantitative estimate of drug-likeness (QED) is 0.0755. The third kappa shape index (κ3) is 6.30. The number of fused-ring (bicyclic) bond motifs is 16. The first-order valence-electron chi connectivity index (χ1n) is 30.2. The Morgan fingerprint density at radius 3 is 1.11 bits per heavy atom. The van der Waals surface area contributed by atoms with Gasteiger partial charge in [-0.05, 0) is 267 Å². The van der Waals surface area contributed by atoms with Gasteiger partial charge in [-0.2, -0.15) is 0 Å². The molecular weight excluding hydrogens is 881 g/mol. The molecule has 0 amide bonds. The lowest BCUT2D eigenvalue weighted by atomic mass is 9.68. The van der Waals surface area contributed by atoms with E-state index in [0.717, 1.165) is 32.1 Å². The maximum Gasteiger partial charge on any atom is 0.0870 e. The normalized spacial score (nSPS) is 20.1. The second kappa shape index (κ2) is 17.4. The Morgan fingerprint density at radius 2 is 0.685 bits per heavy atom. The summed E-state index contributed by atoms with van der Waals surface area (Å²) in [5.41, 5.74) is 30.4. The number of aliphatic hydroxyl groups is 1. The third-order valence-electron chi connectivity index (χ3n) is 20.8. The third-order valence-corrected chi connectivity index (χ3v) is 20.8. The lowest BCUT2D eigenvalue weighted by Crippen LogP contribution is -2.26. The average Bonchev–Trinajstić information content (AvgIpc) is 4.16. The summed E-state index contributed by atoms with van der Waals surface area (Å²) >= 11 is 0. The molecule has 1 N–H and O–H groups in total. The Hall–Kier alpha value is -5.24. The minimum atomic E-state index is -0.538. The van der Waals surface area contributed by atoms with Crippen LogP contribution in [0, 0.1) is 0 Å². The molecule has 5 atom stereocenters. The number of hydrogen-bond donors (Lipinski definition) is 1. The highest BCUT2D eigenvalue weighted by molar-refractivity contribution is 6.22. The first-order chi connectivity index (χ1) is 36.0. The highest BCUT2D eigenvalue weighted by Gasteiger charge is 2.48. The van der Waals surface area contributed by atoms with Crippen molar-refractivity contribution < 1.29 is 5.11 Å². The van der Waals surface area contributed by atoms with Crippen LogP contribution in [0.2, 0.25) is 0 Å². The zero-order chi connectivity index (χ0) is 48.8. The fourth-order valence-corrected chi connectivity index (χ4v) is 17.6. The van der Waals surface area contributed by atoms with Crippen molar-refractivity contribution in [1.82, 2.24) is 0 Å². The number of benzene rings is 8. The second-order valence-electron chi connectivity index (χ2n) is 24.6. The molecule has 0 fully saturated rings. The summed E-state index contributed by atoms with van der Waals surface area (Å²) in [6, 6.07) is 31.4. The van der Waals surface area contributed by atoms with E-state index in [1.165, 1.54) is 215 Å². The Kier molecular flexibility index (Phi) is 10.8. The molecule has 1 nitrogen and oxygen atoms in total. The number of unbranched alkanes of at least 4 members (excludes halogenated alkanes) is 12. The average molecular weight is 957 g/mol. The van der Waals surface area contributed by atoms with Gasteiger partial charge in [0.2, 0.25) is 0 Å². The second-order valence-corrected chi connectivity index (χ2v) is 24.6. The van der Waals surface area contributed by atoms with Gasteiger partial charge < -0.3 is 5.11 Å². The predicted molar refractivity (Wildman–Crippen MR) is 310 cm³/mol. The molecule has 0 aliphatic heterocycles. The van der Waals surface area contributed by atoms with Crippen LogP contribution >= 0.6 is 0 Å². The molecule has 370 valence electrons. The molecule has 0 aromatic heterocycles. The van der Waals surface area contributed by atoms with Crippen molar-refractivity contribution in [3.05, 3.63) is 140 Å². The number of aryl methyl sites for hydroxylation is 4. The monoisotopic (exact) mass is 957 g/mol. The van der Waals surface area contributed by atoms with E-state index >= 15 is 0 Å². The number of hydrogen-bond acceptors (Lipinski definition) is 1. The van der Waals surface area contributed by atoms with E-state index in [2.05, 4.69) is 100 Å². The van der Waals surface area contributed by atoms with E-state index in [9.17, 15) is 5.11 Å². The zero-order valence-electron chi connectivity index (χ0n) is 44.5. The number of rotatable bonds is 20. The van der Waals surface area contributed by atoms with Crippen LogP contribution in [0.3, 0.4) is 0 Å². The SMILES string of the molecule is CCCCCCc1c2c3c(CCCCCC)c4cc5c(cc14)-c1ccc4c6c(ccc-5c16)C1C(O)c5c(c(CCCCCC)c6cc7c(cc6c5CCCCCC)-c5ccc6c8c(ccc-7c58)C(C2)C6C3)CC41. The number of aliphatic hydroxyl groups excluding tert-OH is 1. The van der Waals surface area contributed by atoms with Gasteiger partial charge in [0, 0.05) is 5.92 Å². The van der Waals surface area contributed by atoms with Crippen molar-refractivity contribution in [3.8, 4) is 44.5 Å². The molecule has 0 saturated heterocycles. The molecule has 5 unspecified atom stereocenters. The summed E-state index contributed by atoms with van der Waals surface area (Å²) in [6.07, 6.45) is 27.5. The largest absolute Gasteiger partial charge is 0.388 e. The zero-order valence-corrected chi connectivity index (χ0v) is 44.5. The fourth-order valence-electron chi connectivity index (χ4n) is 17.6. The smallest absolute Gasteiger partial charge is 0.0870 e. The van der Waals surface area contributed by atoms with Crippen molar-refractivity contribution in [2.45, 2.75) is 205 Å². The minimum absolute atomic E-state index is 0.0615. The lowest BCUT2D eigenvalue weighted by molar-refractivity contribution is 0.123. The maximum atomic E-state index is 13.6. The van der Waals surface area contributed by atoms with E-state index in [4.69, 9.17) is 0 Å². The molecule has 0 bridgehead atoms. The summed E-state index contributed by atoms with van der Waals surface area (Å²) in [5, 5.41) is 25.8. The van der Waals surface area contributed by atoms with Crippen LogP contribution in [0.4, 0.5) is 0 Å². The van der Waals surface area contributed by atoms with Crippen LogP contribution in [-0.4, -0.2) is 5.11 Å². The van der Waals surface area contributed by atoms with Gasteiger partial charge in [0.15, 0.2) is 0 Å². The molecule has 1 heteroatoms. The highest BCUT2D eigenvalue weighted by atomic mass is 16.3. The lowest BCUT2D eigenvalue weighted by Gasteiger charge is -2.38. The van der Waals surface area contributed by atoms with Crippen LogP contribution in [0.25, 0.3) is 87.6 Å². The maximum absolute atomic E-state index is 13.6. The standard InChI is InChI=1S/C72H76O/c1-5-9-13-17-21-40-52-33-58-44-25-26-46-62-37-56-42(23-19-15-11-7-3)64-39-65-50-30-29-48-60-35-54(40)55-36-61(60)49-31-32-51(69(50)68(48)49)71(65)72(73)70(64)43(24-20-16-12-8-4)57(56)38-63(62)47-28-27-45(66(44)67(46)47)59(58)34-53(52)41(55)22-18-14-10-6-2/h25-32,35-38,58-59,65,71-73H,5-24,33-34,39H2,1-4H3. The molecule has 8 aromatic carbocycles. The van der Waals surface area contributed by atoms with Crippen molar-refractivity contribution >= 4 is 43.1 Å². The fraction of sp³-hybridized carbons (Fsp3) is 0.444. The van der Waals surface area contributed by atoms with E-state index in [-0.39, 0.29) is 11.8 Å². The summed E-state index contributed by atoms with van der Waals surface area (Å²) in [6.45, 7) is 9.41. The Morgan fingerprint density at radius 1 is 0.342 bits per heavy atom. The summed E-state index contributed by atoms with van der Waals surface area (Å²) in [4.78, 5) is 0. The van der Waals surface area contributed by atoms with E-state index in [1.807, 2.05) is 0 Å². The van der Waals surface area contributed by atoms with Crippen molar-refractivity contribution in [2.24, 2.45) is 0 Å². The predicted octanol–water partition coefficient (Wildman–Crippen LogP) is 19.8. The van der Waals surface area contributed by atoms with Gasteiger partial charge in [0.05, 0.1) is 6.10 Å². The first kappa shape index (κ1) is 45.2. The van der Waals surface area contributed by atoms with Crippen LogP contribution in [-0.2, 0) is 44.9 Å². The topological polar surface area (TPSA) is 20.2 Å². The highest BCUT2D eigenvalue weighted by Crippen LogP contribution is 2.64. The van der Waals surface area contributed by atoms with Gasteiger partial charge in [-0.25, -0.2) is 0 Å². The molecule has 0 heterocycles. The Balaban J connectivity index is 1.04. The molecule has 0 saturated carbocycles. The summed E-state index contributed by atoms with van der Waals surface area (Å²) in [5.74, 6) is 1.34. The molecule has 8 aromatic rings. The van der Waals surface area contributed by atoms with Gasteiger partial charge >= 0.3 is 0 Å². The van der Waals surface area contributed by atoms with Crippen molar-refractivity contribution in [2.75, 3.05) is 0 Å². The molecular formula is C72H76O. The van der Waals surface area contributed by atoms with Crippen molar-refractivity contribution in [3.63, 3.8) is 0 Å². The van der Waals surface area contributed by atoms with Crippen LogP contribution in [0.15, 0.2) is 72.8 Å². The van der Waals surface area contributed by atoms with Gasteiger partial charge in [-0.3, -0.25) is 0 Å². The van der Waals surface area contributed by atoms with Gasteiger partial charge in [0.25, 0.3) is 0 Å². The minimum Gasteiger partial charge on any atom is -0.388 e. The first-order valence-corrected chi connectivity index (χ1v) is 30.2. The van der Waals surface area contributed by atoms with Gasteiger partial charge in [0.1, 0.15) is 0 Å². The summed E-state index contributed by atoms with van der Waals surface area (Å²) in [7, 11) is 0. The van der Waals surface area contributed by atoms with Crippen LogP contribution < -0.4 is 0 Å². The van der Waals surface area contributed by atoms with E-state index in [0.29, 0.717) is 11.8 Å². The molecule has 6 aliphatic carbocycles. The molecule has 0 radical (unpaired) electrons. The van der Waals surface area contributed by atoms with Gasteiger partial charge in [-0.1, -0.05) is 153 Å². The molecule has 6 aliphatic rings. The molecule has 14 rings (SSSR count). The summed E-state index contributed by atoms with van der Waals surface area (Å²) < 4.78 is 0. The van der Waals surface area contributed by atoms with Crippen LogP contribution in [0.5, 0.6) is 0 Å². The van der Waals surface area contributed by atoms with Crippen molar-refractivity contribution in [1.29, 1.82) is 0 Å². The Labute approximate surface area is 435 Å². The Bertz CT molecular complexity index is 3570. The van der Waals surface area contributed by atoms with Crippen LogP contribution in [0.1, 0.15) is 227 Å². The molecule has 0 spiro atoms. The molecule has 73 heavy (non-hydrogen) atoms. The van der Waals surface area contributed by atoms with E-state index < -0.39 is 6.10 Å². The van der Waals surface area contributed by atoms with Gasteiger partial charge in [-0.15, -0.1) is 0 Å².